The van der Waals surface area contributed by atoms with Crippen LogP contribution < -0.4 is 25.4 Å². The predicted molar refractivity (Wildman–Crippen MR) is 131 cm³/mol. The molecule has 36 heavy (non-hydrogen) atoms. The number of rotatable bonds is 13. The van der Waals surface area contributed by atoms with E-state index in [4.69, 9.17) is 24.6 Å². The van der Waals surface area contributed by atoms with Gasteiger partial charge in [0.2, 0.25) is 11.6 Å². The molecule has 0 aliphatic heterocycles. The summed E-state index contributed by atoms with van der Waals surface area (Å²) in [5.74, 6) is 1.08. The first-order chi connectivity index (χ1) is 17.5. The molecule has 0 saturated heterocycles. The van der Waals surface area contributed by atoms with Gasteiger partial charge in [-0.25, -0.2) is 10.1 Å². The Morgan fingerprint density at radius 3 is 2.33 bits per heavy atom. The molecule has 3 rings (SSSR count). The Labute approximate surface area is 208 Å². The fraction of sp³-hybridized carbons (Fsp3) is 0.455. The van der Waals surface area contributed by atoms with Crippen molar-refractivity contribution in [2.45, 2.75) is 33.2 Å². The number of nitrogens with zero attached hydrogens (tertiary/aromatic N) is 7. The quantitative estimate of drug-likeness (QED) is 0.258. The number of anilines is 1. The van der Waals surface area contributed by atoms with E-state index in [1.165, 1.54) is 32.2 Å². The Kier molecular flexibility index (Phi) is 9.16. The van der Waals surface area contributed by atoms with Crippen molar-refractivity contribution in [3.05, 3.63) is 29.1 Å². The number of nitrogens with one attached hydrogen (secondary N) is 1. The van der Waals surface area contributed by atoms with E-state index < -0.39 is 5.91 Å². The van der Waals surface area contributed by atoms with Crippen LogP contribution in [0.1, 0.15) is 48.4 Å². The molecule has 0 bridgehead atoms. The molecule has 0 saturated carbocycles. The average Bonchev–Trinajstić information content (AvgIpc) is 3.49. The minimum atomic E-state index is -0.568. The second-order valence-electron chi connectivity index (χ2n) is 7.69. The standard InChI is InChI=1S/C22H31N9O5/c1-6-8-30(9-7-2)13-16-19(25-29-31(16)21-20(23)27-36-28-21)22(32)26-24-12-15-17(34-4)10-14(33-3)11-18(15)35-5/h10-12H,6-9,13H2,1-5H3,(H2,23,27)(H,26,32)/b24-12+. The molecular weight excluding hydrogens is 470 g/mol. The summed E-state index contributed by atoms with van der Waals surface area (Å²) in [4.78, 5) is 15.3. The molecule has 2 aromatic heterocycles. The maximum Gasteiger partial charge on any atom is 0.293 e. The lowest BCUT2D eigenvalue weighted by Crippen LogP contribution is -2.28. The highest BCUT2D eigenvalue weighted by atomic mass is 16.6. The van der Waals surface area contributed by atoms with Crippen LogP contribution in [0.2, 0.25) is 0 Å². The van der Waals surface area contributed by atoms with E-state index >= 15 is 0 Å². The van der Waals surface area contributed by atoms with Gasteiger partial charge in [-0.2, -0.15) is 9.78 Å². The first kappa shape index (κ1) is 26.4. The number of benzene rings is 1. The summed E-state index contributed by atoms with van der Waals surface area (Å²) >= 11 is 0. The van der Waals surface area contributed by atoms with Crippen molar-refractivity contribution in [1.82, 2.24) is 35.6 Å². The van der Waals surface area contributed by atoms with Crippen LogP contribution in [0, 0.1) is 0 Å². The molecule has 2 heterocycles. The van der Waals surface area contributed by atoms with Crippen molar-refractivity contribution in [2.75, 3.05) is 40.2 Å². The summed E-state index contributed by atoms with van der Waals surface area (Å²) in [6, 6.07) is 3.36. The number of amides is 1. The van der Waals surface area contributed by atoms with Gasteiger partial charge in [-0.3, -0.25) is 9.69 Å². The van der Waals surface area contributed by atoms with E-state index in [-0.39, 0.29) is 17.3 Å². The van der Waals surface area contributed by atoms with Gasteiger partial charge in [0.25, 0.3) is 5.91 Å². The molecule has 0 unspecified atom stereocenters. The third-order valence-electron chi connectivity index (χ3n) is 5.24. The van der Waals surface area contributed by atoms with Crippen LogP contribution in [0.15, 0.2) is 21.9 Å². The van der Waals surface area contributed by atoms with Crippen molar-refractivity contribution < 1.29 is 23.6 Å². The Balaban J connectivity index is 1.91. The van der Waals surface area contributed by atoms with Crippen LogP contribution >= 0.6 is 0 Å². The van der Waals surface area contributed by atoms with Crippen molar-refractivity contribution in [3.63, 3.8) is 0 Å². The normalized spacial score (nSPS) is 11.3. The highest BCUT2D eigenvalue weighted by molar-refractivity contribution is 5.95. The number of hydrogen-bond donors (Lipinski definition) is 2. The molecule has 14 heteroatoms. The zero-order chi connectivity index (χ0) is 26.1. The summed E-state index contributed by atoms with van der Waals surface area (Å²) in [6.07, 6.45) is 3.29. The van der Waals surface area contributed by atoms with Crippen molar-refractivity contribution >= 4 is 17.9 Å². The van der Waals surface area contributed by atoms with E-state index in [0.29, 0.717) is 35.1 Å². The molecule has 1 aromatic carbocycles. The van der Waals surface area contributed by atoms with Gasteiger partial charge < -0.3 is 19.9 Å². The smallest absolute Gasteiger partial charge is 0.293 e. The van der Waals surface area contributed by atoms with Crippen LogP contribution in [0.25, 0.3) is 5.82 Å². The topological polar surface area (TPSA) is 168 Å². The lowest BCUT2D eigenvalue weighted by Gasteiger charge is -2.21. The van der Waals surface area contributed by atoms with Gasteiger partial charge >= 0.3 is 0 Å². The molecule has 0 aliphatic carbocycles. The first-order valence-corrected chi connectivity index (χ1v) is 11.4. The summed E-state index contributed by atoms with van der Waals surface area (Å²) in [5.41, 5.74) is 9.43. The summed E-state index contributed by atoms with van der Waals surface area (Å²) in [7, 11) is 4.56. The summed E-state index contributed by atoms with van der Waals surface area (Å²) in [5, 5.41) is 19.6. The zero-order valence-corrected chi connectivity index (χ0v) is 21.0. The van der Waals surface area contributed by atoms with Crippen LogP contribution in [-0.4, -0.2) is 76.7 Å². The van der Waals surface area contributed by atoms with Gasteiger partial charge in [0.05, 0.1) is 38.8 Å². The van der Waals surface area contributed by atoms with Crippen LogP contribution in [0.3, 0.4) is 0 Å². The molecule has 194 valence electrons. The second-order valence-corrected chi connectivity index (χ2v) is 7.69. The number of hydrogen-bond acceptors (Lipinski definition) is 12. The van der Waals surface area contributed by atoms with E-state index in [1.54, 1.807) is 12.1 Å². The third kappa shape index (κ3) is 5.89. The highest BCUT2D eigenvalue weighted by Crippen LogP contribution is 2.32. The number of carbonyl (C=O) groups excluding carboxylic acids is 1. The molecule has 3 aromatic rings. The van der Waals surface area contributed by atoms with Gasteiger partial charge in [0, 0.05) is 18.7 Å². The number of nitrogens with two attached hydrogens (primary N) is 1. The number of hydrazone groups is 1. The number of ether oxygens (including phenoxy) is 3. The van der Waals surface area contributed by atoms with Gasteiger partial charge in [-0.05, 0) is 36.2 Å². The maximum absolute atomic E-state index is 13.1. The monoisotopic (exact) mass is 501 g/mol. The minimum absolute atomic E-state index is 0.0300. The fourth-order valence-electron chi connectivity index (χ4n) is 3.61. The van der Waals surface area contributed by atoms with Crippen molar-refractivity contribution in [3.8, 4) is 23.1 Å². The molecule has 14 nitrogen and oxygen atoms in total. The molecule has 3 N–H and O–H groups in total. The van der Waals surface area contributed by atoms with Crippen molar-refractivity contribution in [2.24, 2.45) is 5.10 Å². The zero-order valence-electron chi connectivity index (χ0n) is 21.0. The third-order valence-corrected chi connectivity index (χ3v) is 5.24. The maximum atomic E-state index is 13.1. The summed E-state index contributed by atoms with van der Waals surface area (Å²) < 4.78 is 22.1. The van der Waals surface area contributed by atoms with Gasteiger partial charge in [-0.1, -0.05) is 19.1 Å². The number of methoxy groups -OCH3 is 3. The number of aromatic nitrogens is 5. The largest absolute Gasteiger partial charge is 0.496 e. The Morgan fingerprint density at radius 2 is 1.81 bits per heavy atom. The highest BCUT2D eigenvalue weighted by Gasteiger charge is 2.25. The molecule has 0 radical (unpaired) electrons. The SMILES string of the molecule is CCCN(CCC)Cc1c(C(=O)N/N=C/c2c(OC)cc(OC)cc2OC)nnn1-c1nonc1N. The van der Waals surface area contributed by atoms with E-state index in [1.807, 2.05) is 0 Å². The van der Waals surface area contributed by atoms with Crippen LogP contribution in [0.4, 0.5) is 5.82 Å². The molecule has 0 aliphatic rings. The Morgan fingerprint density at radius 1 is 1.14 bits per heavy atom. The van der Waals surface area contributed by atoms with Gasteiger partial charge in [0.1, 0.15) is 17.2 Å². The van der Waals surface area contributed by atoms with E-state index in [2.05, 4.69) is 49.9 Å². The summed E-state index contributed by atoms with van der Waals surface area (Å²) in [6.45, 7) is 6.20. The van der Waals surface area contributed by atoms with Gasteiger partial charge in [0.15, 0.2) is 5.69 Å². The van der Waals surface area contributed by atoms with E-state index in [9.17, 15) is 4.79 Å². The number of nitrogen functional groups attached to an aromatic ring is 1. The molecular formula is C22H31N9O5. The Hall–Kier alpha value is -4.20. The van der Waals surface area contributed by atoms with E-state index in [0.717, 1.165) is 25.9 Å². The first-order valence-electron chi connectivity index (χ1n) is 11.4. The number of carbonyl (C=O) groups is 1. The molecule has 1 amide bonds. The fourth-order valence-corrected chi connectivity index (χ4v) is 3.61. The Bertz CT molecular complexity index is 1160. The molecule has 0 spiro atoms. The second kappa shape index (κ2) is 12.5. The molecule has 0 fully saturated rings. The average molecular weight is 502 g/mol. The van der Waals surface area contributed by atoms with Crippen molar-refractivity contribution in [1.29, 1.82) is 0 Å². The van der Waals surface area contributed by atoms with Crippen LogP contribution in [-0.2, 0) is 6.54 Å². The van der Waals surface area contributed by atoms with Crippen LogP contribution in [0.5, 0.6) is 17.2 Å². The lowest BCUT2D eigenvalue weighted by molar-refractivity contribution is 0.0947. The van der Waals surface area contributed by atoms with Gasteiger partial charge in [-0.15, -0.1) is 5.10 Å². The minimum Gasteiger partial charge on any atom is -0.496 e. The predicted octanol–water partition coefficient (Wildman–Crippen LogP) is 1.64. The lowest BCUT2D eigenvalue weighted by atomic mass is 10.2. The molecule has 0 atom stereocenters.